The van der Waals surface area contributed by atoms with Crippen LogP contribution in [0, 0.1) is 0 Å². The molecule has 1 amide bonds. The predicted molar refractivity (Wildman–Crippen MR) is 93.2 cm³/mol. The molecule has 4 N–H and O–H groups in total. The molecule has 0 spiro atoms. The second kappa shape index (κ2) is 8.67. The zero-order valence-electron chi connectivity index (χ0n) is 13.1. The smallest absolute Gasteiger partial charge is 0.244 e. The molecule has 0 unspecified atom stereocenters. The number of nitrogens with one attached hydrogen (secondary N) is 2. The second-order valence-corrected chi connectivity index (χ2v) is 6.78. The molecule has 0 fully saturated rings. The summed E-state index contributed by atoms with van der Waals surface area (Å²) < 4.78 is 27.5. The fraction of sp³-hybridized carbons (Fsp3) is 0.286. The lowest BCUT2D eigenvalue weighted by Crippen LogP contribution is -2.37. The first kappa shape index (κ1) is 19.9. The van der Waals surface area contributed by atoms with Crippen molar-refractivity contribution in [2.75, 3.05) is 18.8 Å². The quantitative estimate of drug-likeness (QED) is 0.593. The number of benzene rings is 1. The molecule has 0 atom stereocenters. The summed E-state index contributed by atoms with van der Waals surface area (Å²) >= 11 is 0. The Morgan fingerprint density at radius 3 is 2.54 bits per heavy atom. The van der Waals surface area contributed by atoms with Crippen molar-refractivity contribution in [2.45, 2.75) is 11.3 Å². The molecule has 0 aliphatic heterocycles. The van der Waals surface area contributed by atoms with Gasteiger partial charge in [0.05, 0.1) is 12.7 Å². The average Bonchev–Trinajstić information content (AvgIpc) is 2.95. The number of carbonyl (C=O) groups is 1. The summed E-state index contributed by atoms with van der Waals surface area (Å²) in [5.74, 6) is -0.395. The van der Waals surface area contributed by atoms with Crippen LogP contribution in [0.1, 0.15) is 5.56 Å². The number of hydrogen-bond acceptors (Lipinski definition) is 5. The van der Waals surface area contributed by atoms with Gasteiger partial charge >= 0.3 is 0 Å². The van der Waals surface area contributed by atoms with E-state index in [0.717, 1.165) is 5.56 Å². The van der Waals surface area contributed by atoms with Gasteiger partial charge in [-0.15, -0.1) is 12.4 Å². The summed E-state index contributed by atoms with van der Waals surface area (Å²) in [6, 6.07) is 7.34. The molecule has 1 heterocycles. The van der Waals surface area contributed by atoms with Crippen LogP contribution in [0.15, 0.2) is 41.6 Å². The van der Waals surface area contributed by atoms with E-state index >= 15 is 0 Å². The summed E-state index contributed by atoms with van der Waals surface area (Å²) in [5.41, 5.74) is 7.31. The minimum atomic E-state index is -3.72. The summed E-state index contributed by atoms with van der Waals surface area (Å²) in [4.78, 5) is 11.7. The van der Waals surface area contributed by atoms with E-state index < -0.39 is 15.9 Å². The number of aromatic nitrogens is 2. The van der Waals surface area contributed by atoms with Crippen molar-refractivity contribution < 1.29 is 13.2 Å². The minimum absolute atomic E-state index is 0. The number of hydrogen-bond donors (Lipinski definition) is 3. The van der Waals surface area contributed by atoms with Gasteiger partial charge < -0.3 is 11.1 Å². The Morgan fingerprint density at radius 2 is 1.96 bits per heavy atom. The second-order valence-electron chi connectivity index (χ2n) is 5.02. The Labute approximate surface area is 146 Å². The highest BCUT2D eigenvalue weighted by atomic mass is 35.5. The van der Waals surface area contributed by atoms with Crippen molar-refractivity contribution in [1.82, 2.24) is 19.8 Å². The van der Waals surface area contributed by atoms with Crippen LogP contribution in [0.25, 0.3) is 0 Å². The van der Waals surface area contributed by atoms with Gasteiger partial charge in [-0.05, 0) is 24.1 Å². The zero-order valence-corrected chi connectivity index (χ0v) is 14.7. The van der Waals surface area contributed by atoms with Crippen LogP contribution >= 0.6 is 12.4 Å². The van der Waals surface area contributed by atoms with Gasteiger partial charge in [-0.3, -0.25) is 9.48 Å². The number of amides is 1. The van der Waals surface area contributed by atoms with E-state index in [1.54, 1.807) is 19.2 Å². The van der Waals surface area contributed by atoms with Gasteiger partial charge in [0.1, 0.15) is 4.90 Å². The number of aryl methyl sites for hydroxylation is 1. The molecular weight excluding hydrogens is 354 g/mol. The summed E-state index contributed by atoms with van der Waals surface area (Å²) in [7, 11) is -2.11. The number of sulfonamides is 1. The topological polar surface area (TPSA) is 119 Å². The normalized spacial score (nSPS) is 10.9. The first-order valence-electron chi connectivity index (χ1n) is 6.96. The Kier molecular flexibility index (Phi) is 7.20. The van der Waals surface area contributed by atoms with Crippen molar-refractivity contribution in [1.29, 1.82) is 0 Å². The maximum absolute atomic E-state index is 11.9. The predicted octanol–water partition coefficient (Wildman–Crippen LogP) is 0.0613. The van der Waals surface area contributed by atoms with Crippen molar-refractivity contribution >= 4 is 34.0 Å². The van der Waals surface area contributed by atoms with Crippen molar-refractivity contribution in [3.8, 4) is 0 Å². The number of rotatable bonds is 7. The van der Waals surface area contributed by atoms with Crippen LogP contribution < -0.4 is 15.8 Å². The summed E-state index contributed by atoms with van der Waals surface area (Å²) in [6.07, 6.45) is 3.23. The van der Waals surface area contributed by atoms with E-state index in [-0.39, 0.29) is 23.8 Å². The lowest BCUT2D eigenvalue weighted by Gasteiger charge is -2.07. The highest BCUT2D eigenvalue weighted by molar-refractivity contribution is 7.89. The monoisotopic (exact) mass is 373 g/mol. The zero-order chi connectivity index (χ0) is 16.9. The number of nitrogens with two attached hydrogens (primary N) is 1. The van der Waals surface area contributed by atoms with E-state index in [4.69, 9.17) is 5.73 Å². The van der Waals surface area contributed by atoms with Crippen LogP contribution in [0.2, 0.25) is 0 Å². The molecule has 0 saturated carbocycles. The van der Waals surface area contributed by atoms with Gasteiger partial charge in [0.15, 0.2) is 0 Å². The highest BCUT2D eigenvalue weighted by Crippen LogP contribution is 2.06. The van der Waals surface area contributed by atoms with E-state index in [0.29, 0.717) is 18.7 Å². The Bertz CT molecular complexity index is 774. The van der Waals surface area contributed by atoms with E-state index in [2.05, 4.69) is 15.1 Å². The minimum Gasteiger partial charge on any atom is -0.399 e. The molecule has 10 heteroatoms. The van der Waals surface area contributed by atoms with Crippen molar-refractivity contribution in [2.24, 2.45) is 7.05 Å². The molecule has 24 heavy (non-hydrogen) atoms. The first-order valence-corrected chi connectivity index (χ1v) is 8.44. The van der Waals surface area contributed by atoms with Gasteiger partial charge in [-0.1, -0.05) is 12.1 Å². The number of anilines is 1. The molecular formula is C14H20ClN5O3S. The lowest BCUT2D eigenvalue weighted by atomic mass is 10.1. The largest absolute Gasteiger partial charge is 0.399 e. The van der Waals surface area contributed by atoms with Gasteiger partial charge in [0.25, 0.3) is 0 Å². The number of halogens is 1. The molecule has 0 saturated heterocycles. The fourth-order valence-electron chi connectivity index (χ4n) is 1.87. The molecule has 1 aromatic carbocycles. The lowest BCUT2D eigenvalue weighted by molar-refractivity contribution is -0.119. The molecule has 2 aromatic rings. The average molecular weight is 374 g/mol. The van der Waals surface area contributed by atoms with Gasteiger partial charge in [0.2, 0.25) is 15.9 Å². The maximum atomic E-state index is 11.9. The molecule has 0 bridgehead atoms. The van der Waals surface area contributed by atoms with E-state index in [1.807, 2.05) is 12.1 Å². The number of nitrogen functional groups attached to an aromatic ring is 1. The third-order valence-electron chi connectivity index (χ3n) is 3.13. The third-order valence-corrected chi connectivity index (χ3v) is 4.49. The number of nitrogens with zero attached hydrogens (tertiary/aromatic N) is 2. The molecule has 0 aliphatic carbocycles. The van der Waals surface area contributed by atoms with E-state index in [9.17, 15) is 13.2 Å². The van der Waals surface area contributed by atoms with Crippen LogP contribution in [0.3, 0.4) is 0 Å². The Hall–Kier alpha value is -2.10. The van der Waals surface area contributed by atoms with Gasteiger partial charge in [-0.2, -0.15) is 5.10 Å². The van der Waals surface area contributed by atoms with Gasteiger partial charge in [0, 0.05) is 25.5 Å². The SMILES string of the molecule is Cl.Cn1cc(S(=O)(=O)NCC(=O)NCCc2ccc(N)cc2)cn1. The van der Waals surface area contributed by atoms with E-state index in [1.165, 1.54) is 17.1 Å². The summed E-state index contributed by atoms with van der Waals surface area (Å²) in [5, 5.41) is 6.44. The maximum Gasteiger partial charge on any atom is 0.244 e. The van der Waals surface area contributed by atoms with Crippen LogP contribution in [-0.2, 0) is 28.3 Å². The third kappa shape index (κ3) is 5.84. The Morgan fingerprint density at radius 1 is 1.29 bits per heavy atom. The van der Waals surface area contributed by atoms with Crippen LogP contribution in [0.5, 0.6) is 0 Å². The molecule has 8 nitrogen and oxygen atoms in total. The summed E-state index contributed by atoms with van der Waals surface area (Å²) in [6.45, 7) is 0.0936. The van der Waals surface area contributed by atoms with Crippen LogP contribution in [0.4, 0.5) is 5.69 Å². The Balaban J connectivity index is 0.00000288. The molecule has 1 aromatic heterocycles. The molecule has 132 valence electrons. The van der Waals surface area contributed by atoms with Crippen LogP contribution in [-0.4, -0.2) is 37.2 Å². The molecule has 0 aliphatic rings. The fourth-order valence-corrected chi connectivity index (χ4v) is 2.84. The number of carbonyl (C=O) groups excluding carboxylic acids is 1. The van der Waals surface area contributed by atoms with Crippen molar-refractivity contribution in [3.63, 3.8) is 0 Å². The molecule has 0 radical (unpaired) electrons. The highest BCUT2D eigenvalue weighted by Gasteiger charge is 2.16. The standard InChI is InChI=1S/C14H19N5O3S.ClH/c1-19-10-13(8-17-19)23(21,22)18-9-14(20)16-7-6-11-2-4-12(15)5-3-11;/h2-5,8,10,18H,6-7,9,15H2,1H3,(H,16,20);1H. The van der Waals surface area contributed by atoms with Gasteiger partial charge in [-0.25, -0.2) is 13.1 Å². The first-order chi connectivity index (χ1) is 10.9. The van der Waals surface area contributed by atoms with Crippen molar-refractivity contribution in [3.05, 3.63) is 42.2 Å². The molecule has 2 rings (SSSR count).